The molecular formula is C39H37NO6. The summed E-state index contributed by atoms with van der Waals surface area (Å²) >= 11 is 0. The van der Waals surface area contributed by atoms with Crippen LogP contribution in [0.5, 0.6) is 11.5 Å². The van der Waals surface area contributed by atoms with Gasteiger partial charge in [0.2, 0.25) is 11.8 Å². The van der Waals surface area contributed by atoms with Gasteiger partial charge < -0.3 is 9.84 Å². The number of hydrogen-bond donors (Lipinski definition) is 1. The second-order valence-electron chi connectivity index (χ2n) is 13.9. The number of phenolic OH excluding ortho intramolecular Hbond substituents is 1. The van der Waals surface area contributed by atoms with Crippen molar-refractivity contribution in [1.82, 2.24) is 4.90 Å². The van der Waals surface area contributed by atoms with E-state index in [1.165, 1.54) is 24.2 Å². The Balaban J connectivity index is 1.51. The van der Waals surface area contributed by atoms with E-state index in [9.17, 15) is 19.5 Å². The number of carbonyl (C=O) groups is 4. The summed E-state index contributed by atoms with van der Waals surface area (Å²) in [6, 6.07) is 23.5. The van der Waals surface area contributed by atoms with Crippen molar-refractivity contribution in [2.24, 2.45) is 23.7 Å². The summed E-state index contributed by atoms with van der Waals surface area (Å²) in [6.45, 7) is 5.57. The Hall–Kier alpha value is -4.78. The molecule has 7 nitrogen and oxygen atoms in total. The van der Waals surface area contributed by atoms with Gasteiger partial charge in [-0.05, 0) is 62.8 Å². The molecule has 1 heterocycles. The number of rotatable bonds is 4. The maximum absolute atomic E-state index is 15.0. The quantitative estimate of drug-likeness (QED) is 0.285. The summed E-state index contributed by atoms with van der Waals surface area (Å²) in [5.41, 5.74) is 0.857. The molecule has 1 aliphatic heterocycles. The number of benzene rings is 3. The van der Waals surface area contributed by atoms with Crippen molar-refractivity contribution in [3.05, 3.63) is 113 Å². The van der Waals surface area contributed by atoms with Gasteiger partial charge in [0.05, 0.1) is 24.4 Å². The fraction of sp³-hybridized carbons (Fsp3) is 0.333. The lowest BCUT2D eigenvalue weighted by Gasteiger charge is -2.55. The van der Waals surface area contributed by atoms with E-state index in [4.69, 9.17) is 4.74 Å². The molecule has 2 amide bonds. The van der Waals surface area contributed by atoms with Crippen LogP contribution < -0.4 is 4.74 Å². The molecule has 3 aromatic rings. The highest BCUT2D eigenvalue weighted by atomic mass is 16.5. The number of phenols is 1. The Morgan fingerprint density at radius 2 is 1.54 bits per heavy atom. The first-order chi connectivity index (χ1) is 22.0. The van der Waals surface area contributed by atoms with Gasteiger partial charge >= 0.3 is 0 Å². The number of fused-ring (bicyclic) bond motifs is 4. The van der Waals surface area contributed by atoms with Crippen LogP contribution in [0.3, 0.4) is 0 Å². The van der Waals surface area contributed by atoms with E-state index >= 15 is 4.79 Å². The lowest BCUT2D eigenvalue weighted by Crippen LogP contribution is -2.59. The molecular weight excluding hydrogens is 578 g/mol. The molecule has 2 fully saturated rings. The number of amides is 2. The molecule has 3 aliphatic carbocycles. The molecule has 234 valence electrons. The lowest BCUT2D eigenvalue weighted by atomic mass is 9.44. The third kappa shape index (κ3) is 4.17. The van der Waals surface area contributed by atoms with E-state index in [1.54, 1.807) is 12.1 Å². The van der Waals surface area contributed by atoms with Crippen molar-refractivity contribution >= 4 is 29.0 Å². The molecule has 0 aromatic heterocycles. The van der Waals surface area contributed by atoms with E-state index in [0.717, 1.165) is 5.57 Å². The minimum atomic E-state index is -1.40. The summed E-state index contributed by atoms with van der Waals surface area (Å²) < 4.78 is 5.40. The van der Waals surface area contributed by atoms with E-state index < -0.39 is 40.5 Å². The standard InChI is InChI=1S/C39H37NO6/c1-38(2,3)40-36(44)27-18-17-25-29(33(27)37(40)45)20-30-35(43)28(22-11-7-5-8-12-22)21-32(42)39(30,23-13-9-6-10-14-23)34(25)26-16-15-24(46-4)19-31(26)41/h5-17,19,21,27,29-30,33-34,41H,18,20H2,1-4H3/t27-,29+,30-,33-,34+,39-/m0/s1. The number of imide groups is 1. The van der Waals surface area contributed by atoms with Crippen LogP contribution in [-0.4, -0.2) is 46.0 Å². The fourth-order valence-electron chi connectivity index (χ4n) is 8.77. The van der Waals surface area contributed by atoms with Crippen LogP contribution in [-0.2, 0) is 24.6 Å². The average Bonchev–Trinajstić information content (AvgIpc) is 3.32. The van der Waals surface area contributed by atoms with Gasteiger partial charge in [-0.25, -0.2) is 0 Å². The van der Waals surface area contributed by atoms with Gasteiger partial charge in [-0.15, -0.1) is 0 Å². The largest absolute Gasteiger partial charge is 0.508 e. The minimum Gasteiger partial charge on any atom is -0.508 e. The van der Waals surface area contributed by atoms with Crippen molar-refractivity contribution < 1.29 is 29.0 Å². The number of methoxy groups -OCH3 is 1. The van der Waals surface area contributed by atoms with E-state index in [2.05, 4.69) is 0 Å². The van der Waals surface area contributed by atoms with Gasteiger partial charge in [0, 0.05) is 34.6 Å². The summed E-state index contributed by atoms with van der Waals surface area (Å²) in [4.78, 5) is 59.3. The Kier molecular flexibility index (Phi) is 6.92. The molecule has 0 radical (unpaired) electrons. The van der Waals surface area contributed by atoms with Gasteiger partial charge in [0.25, 0.3) is 0 Å². The lowest BCUT2D eigenvalue weighted by molar-refractivity contribution is -0.145. The molecule has 1 saturated carbocycles. The number of allylic oxidation sites excluding steroid dienone is 4. The van der Waals surface area contributed by atoms with Crippen molar-refractivity contribution in [1.29, 1.82) is 0 Å². The highest BCUT2D eigenvalue weighted by Gasteiger charge is 2.66. The number of aromatic hydroxyl groups is 1. The number of carbonyl (C=O) groups excluding carboxylic acids is 4. The van der Waals surface area contributed by atoms with Crippen molar-refractivity contribution in [3.8, 4) is 11.5 Å². The molecule has 7 heteroatoms. The summed E-state index contributed by atoms with van der Waals surface area (Å²) in [5.74, 6) is -3.80. The highest BCUT2D eigenvalue weighted by molar-refractivity contribution is 6.31. The minimum absolute atomic E-state index is 0.0645. The summed E-state index contributed by atoms with van der Waals surface area (Å²) in [5, 5.41) is 11.6. The second kappa shape index (κ2) is 10.6. The van der Waals surface area contributed by atoms with E-state index in [0.29, 0.717) is 34.4 Å². The zero-order valence-electron chi connectivity index (χ0n) is 26.4. The highest BCUT2D eigenvalue weighted by Crippen LogP contribution is 2.64. The normalized spacial score (nSPS) is 29.0. The van der Waals surface area contributed by atoms with Crippen molar-refractivity contribution in [3.63, 3.8) is 0 Å². The van der Waals surface area contributed by atoms with Crippen LogP contribution in [0.1, 0.15) is 56.2 Å². The maximum atomic E-state index is 15.0. The average molecular weight is 616 g/mol. The Bertz CT molecular complexity index is 1830. The number of likely N-dealkylation sites (tertiary alicyclic amines) is 1. The Morgan fingerprint density at radius 1 is 0.870 bits per heavy atom. The third-order valence-electron chi connectivity index (χ3n) is 10.6. The van der Waals surface area contributed by atoms with Gasteiger partial charge in [0.15, 0.2) is 11.6 Å². The summed E-state index contributed by atoms with van der Waals surface area (Å²) in [6.07, 6.45) is 4.05. The van der Waals surface area contributed by atoms with Crippen LogP contribution in [0.15, 0.2) is 96.6 Å². The SMILES string of the molecule is COc1ccc([C@H]2C3=CC[C@@H]4C(=O)N(C(C)(C)C)C(=O)[C@@H]4[C@@H]3C[C@H]3C(=O)C(c4ccccc4)=CC(=O)[C@@]23c2ccccc2)c(O)c1. The first-order valence-electron chi connectivity index (χ1n) is 15.9. The molecule has 4 aliphatic rings. The van der Waals surface area contributed by atoms with Gasteiger partial charge in [0.1, 0.15) is 11.5 Å². The van der Waals surface area contributed by atoms with Gasteiger partial charge in [-0.1, -0.05) is 78.4 Å². The predicted octanol–water partition coefficient (Wildman–Crippen LogP) is 6.02. The number of ether oxygens (including phenoxy) is 1. The van der Waals surface area contributed by atoms with Crippen LogP contribution in [0.25, 0.3) is 5.57 Å². The number of ketones is 2. The van der Waals surface area contributed by atoms with E-state index in [-0.39, 0.29) is 35.6 Å². The molecule has 1 saturated heterocycles. The number of nitrogens with zero attached hydrogens (tertiary/aromatic N) is 1. The molecule has 0 spiro atoms. The van der Waals surface area contributed by atoms with E-state index in [1.807, 2.05) is 87.5 Å². The van der Waals surface area contributed by atoms with Gasteiger partial charge in [-0.2, -0.15) is 0 Å². The van der Waals surface area contributed by atoms with Crippen LogP contribution in [0, 0.1) is 23.7 Å². The first kappa shape index (κ1) is 29.9. The zero-order valence-corrected chi connectivity index (χ0v) is 26.4. The molecule has 46 heavy (non-hydrogen) atoms. The molecule has 6 atom stereocenters. The van der Waals surface area contributed by atoms with Crippen molar-refractivity contribution in [2.45, 2.75) is 50.5 Å². The summed E-state index contributed by atoms with van der Waals surface area (Å²) in [7, 11) is 1.51. The van der Waals surface area contributed by atoms with Gasteiger partial charge in [-0.3, -0.25) is 24.1 Å². The number of Topliss-reactive ketones (excluding diaryl/α,β-unsaturated/α-hetero) is 1. The fourth-order valence-corrected chi connectivity index (χ4v) is 8.77. The van der Waals surface area contributed by atoms with Crippen LogP contribution in [0.4, 0.5) is 0 Å². The predicted molar refractivity (Wildman–Crippen MR) is 173 cm³/mol. The first-order valence-corrected chi connectivity index (χ1v) is 15.9. The molecule has 0 unspecified atom stereocenters. The maximum Gasteiger partial charge on any atom is 0.234 e. The van der Waals surface area contributed by atoms with Crippen molar-refractivity contribution in [2.75, 3.05) is 7.11 Å². The monoisotopic (exact) mass is 615 g/mol. The Labute approximate surface area is 268 Å². The van der Waals surface area contributed by atoms with Crippen LogP contribution >= 0.6 is 0 Å². The third-order valence-corrected chi connectivity index (χ3v) is 10.6. The second-order valence-corrected chi connectivity index (χ2v) is 13.9. The molecule has 3 aromatic carbocycles. The molecule has 0 bridgehead atoms. The smallest absolute Gasteiger partial charge is 0.234 e. The topological polar surface area (TPSA) is 101 Å². The molecule has 1 N–H and O–H groups in total. The molecule has 7 rings (SSSR count). The van der Waals surface area contributed by atoms with Crippen LogP contribution in [0.2, 0.25) is 0 Å². The zero-order chi connectivity index (χ0) is 32.5. The Morgan fingerprint density at radius 3 is 2.17 bits per heavy atom. The number of hydrogen-bond acceptors (Lipinski definition) is 6.